The van der Waals surface area contributed by atoms with Gasteiger partial charge in [0.2, 0.25) is 0 Å². The number of likely N-dealkylation sites (tertiary alicyclic amines) is 1. The van der Waals surface area contributed by atoms with Gasteiger partial charge >= 0.3 is 0 Å². The average molecular weight is 425 g/mol. The predicted octanol–water partition coefficient (Wildman–Crippen LogP) is 3.17. The number of nitrogens with zero attached hydrogens (tertiary/aromatic N) is 1. The summed E-state index contributed by atoms with van der Waals surface area (Å²) in [7, 11) is 3.57. The molecule has 2 heterocycles. The summed E-state index contributed by atoms with van der Waals surface area (Å²) in [6.45, 7) is 3.23. The van der Waals surface area contributed by atoms with Crippen molar-refractivity contribution in [2.45, 2.75) is 32.0 Å². The van der Waals surface area contributed by atoms with Crippen molar-refractivity contribution < 1.29 is 24.1 Å². The topological polar surface area (TPSA) is 92.4 Å². The normalized spacial score (nSPS) is 19.5. The van der Waals surface area contributed by atoms with Crippen LogP contribution >= 0.6 is 0 Å². The molecule has 3 aromatic rings. The second kappa shape index (κ2) is 8.61. The van der Waals surface area contributed by atoms with E-state index < -0.39 is 6.10 Å². The van der Waals surface area contributed by atoms with E-state index in [1.54, 1.807) is 14.0 Å². The fourth-order valence-electron chi connectivity index (χ4n) is 4.21. The van der Waals surface area contributed by atoms with Gasteiger partial charge in [0.05, 0.1) is 13.2 Å². The summed E-state index contributed by atoms with van der Waals surface area (Å²) in [6.07, 6.45) is 0.0225. The number of phenolic OH excluding ortho intramolecular Hbond substituents is 1. The summed E-state index contributed by atoms with van der Waals surface area (Å²) in [4.78, 5) is 14.7. The van der Waals surface area contributed by atoms with Crippen LogP contribution < -0.4 is 14.9 Å². The largest absolute Gasteiger partial charge is 0.507 e. The SMILES string of the molecule is COc1ccc(COc2cc(O)c3c(=O)cc(C)oc3c2[C@H]2CCN(C)C[C@H]2O)cc1. The molecule has 0 unspecified atom stereocenters. The van der Waals surface area contributed by atoms with Gasteiger partial charge in [-0.05, 0) is 44.6 Å². The number of piperidine rings is 1. The Hall–Kier alpha value is -3.03. The molecule has 2 atom stereocenters. The average Bonchev–Trinajstić information content (AvgIpc) is 2.73. The highest BCUT2D eigenvalue weighted by atomic mass is 16.5. The van der Waals surface area contributed by atoms with Crippen molar-refractivity contribution in [1.82, 2.24) is 4.90 Å². The lowest BCUT2D eigenvalue weighted by molar-refractivity contribution is 0.0626. The summed E-state index contributed by atoms with van der Waals surface area (Å²) in [5.41, 5.74) is 1.51. The van der Waals surface area contributed by atoms with Gasteiger partial charge in [0.15, 0.2) is 5.43 Å². The molecule has 1 saturated heterocycles. The van der Waals surface area contributed by atoms with Crippen molar-refractivity contribution in [2.75, 3.05) is 27.2 Å². The van der Waals surface area contributed by atoms with Gasteiger partial charge in [-0.1, -0.05) is 12.1 Å². The minimum Gasteiger partial charge on any atom is -0.507 e. The molecular weight excluding hydrogens is 398 g/mol. The van der Waals surface area contributed by atoms with Crippen molar-refractivity contribution >= 4 is 11.0 Å². The number of β-amino-alcohol motifs (C(OH)–C–C–N with tert-alkyl or cyclic N) is 1. The molecule has 1 fully saturated rings. The predicted molar refractivity (Wildman–Crippen MR) is 117 cm³/mol. The van der Waals surface area contributed by atoms with E-state index in [4.69, 9.17) is 13.9 Å². The number of hydrogen-bond acceptors (Lipinski definition) is 7. The van der Waals surface area contributed by atoms with Crippen molar-refractivity contribution in [3.8, 4) is 17.2 Å². The molecule has 2 aromatic carbocycles. The highest BCUT2D eigenvalue weighted by molar-refractivity contribution is 5.88. The molecule has 0 spiro atoms. The minimum absolute atomic E-state index is 0.114. The number of fused-ring (bicyclic) bond motifs is 1. The molecule has 7 heteroatoms. The Labute approximate surface area is 180 Å². The zero-order valence-corrected chi connectivity index (χ0v) is 17.9. The van der Waals surface area contributed by atoms with Gasteiger partial charge in [-0.3, -0.25) is 4.79 Å². The lowest BCUT2D eigenvalue weighted by atomic mass is 9.85. The van der Waals surface area contributed by atoms with Crippen LogP contribution in [0.25, 0.3) is 11.0 Å². The first-order valence-corrected chi connectivity index (χ1v) is 10.3. The fourth-order valence-corrected chi connectivity index (χ4v) is 4.21. The van der Waals surface area contributed by atoms with E-state index in [1.807, 2.05) is 31.3 Å². The lowest BCUT2D eigenvalue weighted by Gasteiger charge is -2.34. The molecule has 0 aliphatic carbocycles. The van der Waals surface area contributed by atoms with E-state index in [9.17, 15) is 15.0 Å². The van der Waals surface area contributed by atoms with E-state index in [0.29, 0.717) is 30.0 Å². The molecule has 7 nitrogen and oxygen atoms in total. The number of aliphatic hydroxyl groups is 1. The Balaban J connectivity index is 1.80. The third-order valence-electron chi connectivity index (χ3n) is 5.81. The smallest absolute Gasteiger partial charge is 0.196 e. The quantitative estimate of drug-likeness (QED) is 0.649. The van der Waals surface area contributed by atoms with Gasteiger partial charge < -0.3 is 29.0 Å². The highest BCUT2D eigenvalue weighted by Gasteiger charge is 2.33. The molecule has 4 rings (SSSR count). The van der Waals surface area contributed by atoms with Crippen LogP contribution in [0.15, 0.2) is 45.6 Å². The Morgan fingerprint density at radius 1 is 1.23 bits per heavy atom. The number of rotatable bonds is 5. The standard InChI is InChI=1S/C24H27NO6/c1-14-10-18(26)23-19(27)11-21(30-13-15-4-6-16(29-3)7-5-15)22(24(23)31-14)17-8-9-25(2)12-20(17)28/h4-7,10-11,17,20,27-28H,8-9,12-13H2,1-3H3/t17-,20+/m0/s1. The number of phenols is 1. The number of methoxy groups -OCH3 is 1. The fraction of sp³-hybridized carbons (Fsp3) is 0.375. The van der Waals surface area contributed by atoms with Crippen molar-refractivity contribution in [3.63, 3.8) is 0 Å². The van der Waals surface area contributed by atoms with Gasteiger partial charge in [-0.25, -0.2) is 0 Å². The summed E-state index contributed by atoms with van der Waals surface area (Å²) >= 11 is 0. The highest BCUT2D eigenvalue weighted by Crippen LogP contribution is 2.42. The minimum atomic E-state index is -0.652. The number of aryl methyl sites for hydroxylation is 1. The van der Waals surface area contributed by atoms with Gasteiger partial charge in [-0.15, -0.1) is 0 Å². The van der Waals surface area contributed by atoms with Crippen LogP contribution in [0.4, 0.5) is 0 Å². The van der Waals surface area contributed by atoms with Crippen LogP contribution in [0.2, 0.25) is 0 Å². The van der Waals surface area contributed by atoms with Gasteiger partial charge in [0, 0.05) is 30.2 Å². The lowest BCUT2D eigenvalue weighted by Crippen LogP contribution is -2.40. The number of aliphatic hydroxyl groups excluding tert-OH is 1. The van der Waals surface area contributed by atoms with Gasteiger partial charge in [0.1, 0.15) is 40.6 Å². The van der Waals surface area contributed by atoms with Crippen LogP contribution in [-0.4, -0.2) is 48.5 Å². The second-order valence-corrected chi connectivity index (χ2v) is 8.09. The van der Waals surface area contributed by atoms with E-state index in [1.165, 1.54) is 12.1 Å². The zero-order chi connectivity index (χ0) is 22.1. The number of hydrogen-bond donors (Lipinski definition) is 2. The van der Waals surface area contributed by atoms with Crippen molar-refractivity contribution in [3.05, 3.63) is 63.5 Å². The van der Waals surface area contributed by atoms with Gasteiger partial charge in [0.25, 0.3) is 0 Å². The monoisotopic (exact) mass is 425 g/mol. The van der Waals surface area contributed by atoms with Crippen LogP contribution in [0.1, 0.15) is 29.2 Å². The van der Waals surface area contributed by atoms with Crippen LogP contribution in [-0.2, 0) is 6.61 Å². The van der Waals surface area contributed by atoms with Gasteiger partial charge in [-0.2, -0.15) is 0 Å². The zero-order valence-electron chi connectivity index (χ0n) is 17.9. The molecule has 0 amide bonds. The molecule has 0 saturated carbocycles. The first-order chi connectivity index (χ1) is 14.9. The second-order valence-electron chi connectivity index (χ2n) is 8.09. The molecule has 0 bridgehead atoms. The molecular formula is C24H27NO6. The van der Waals surface area contributed by atoms with E-state index in [-0.39, 0.29) is 34.7 Å². The maximum Gasteiger partial charge on any atom is 0.196 e. The first-order valence-electron chi connectivity index (χ1n) is 10.3. The van der Waals surface area contributed by atoms with Crippen LogP contribution in [0.5, 0.6) is 17.2 Å². The van der Waals surface area contributed by atoms with E-state index in [2.05, 4.69) is 4.90 Å². The maximum atomic E-state index is 12.6. The maximum absolute atomic E-state index is 12.6. The Kier molecular flexibility index (Phi) is 5.89. The number of ether oxygens (including phenoxy) is 2. The molecule has 1 aliphatic rings. The third kappa shape index (κ3) is 4.24. The van der Waals surface area contributed by atoms with Crippen molar-refractivity contribution in [1.29, 1.82) is 0 Å². The molecule has 1 aliphatic heterocycles. The summed E-state index contributed by atoms with van der Waals surface area (Å²) in [5.74, 6) is 1.12. The molecule has 1 aromatic heterocycles. The summed E-state index contributed by atoms with van der Waals surface area (Å²) in [6, 6.07) is 10.3. The Bertz CT molecular complexity index is 1140. The molecule has 31 heavy (non-hydrogen) atoms. The third-order valence-corrected chi connectivity index (χ3v) is 5.81. The van der Waals surface area contributed by atoms with Crippen molar-refractivity contribution in [2.24, 2.45) is 0 Å². The summed E-state index contributed by atoms with van der Waals surface area (Å²) < 4.78 is 17.2. The van der Waals surface area contributed by atoms with Crippen LogP contribution in [0, 0.1) is 6.92 Å². The van der Waals surface area contributed by atoms with E-state index >= 15 is 0 Å². The van der Waals surface area contributed by atoms with E-state index in [0.717, 1.165) is 17.9 Å². The molecule has 164 valence electrons. The molecule has 2 N–H and O–H groups in total. The number of benzene rings is 2. The molecule has 0 radical (unpaired) electrons. The van der Waals surface area contributed by atoms with Crippen LogP contribution in [0.3, 0.4) is 0 Å². The number of aromatic hydroxyl groups is 1. The number of likely N-dealkylation sites (N-methyl/N-ethyl adjacent to an activating group) is 1. The Morgan fingerprint density at radius 2 is 1.97 bits per heavy atom. The summed E-state index contributed by atoms with van der Waals surface area (Å²) in [5, 5.41) is 21.5. The Morgan fingerprint density at radius 3 is 2.65 bits per heavy atom. The first kappa shape index (κ1) is 21.2.